The van der Waals surface area contributed by atoms with Crippen LogP contribution in [0.4, 0.5) is 0 Å². The predicted molar refractivity (Wildman–Crippen MR) is 61.1 cm³/mol. The van der Waals surface area contributed by atoms with E-state index in [0.717, 1.165) is 19.3 Å². The lowest BCUT2D eigenvalue weighted by Gasteiger charge is -2.21. The summed E-state index contributed by atoms with van der Waals surface area (Å²) in [4.78, 5) is 23.9. The van der Waals surface area contributed by atoms with Crippen molar-refractivity contribution >= 4 is 11.7 Å². The number of ketones is 1. The van der Waals surface area contributed by atoms with Gasteiger partial charge in [-0.1, -0.05) is 0 Å². The van der Waals surface area contributed by atoms with Crippen molar-refractivity contribution in [2.45, 2.75) is 44.6 Å². The van der Waals surface area contributed by atoms with Crippen LogP contribution in [-0.2, 0) is 14.3 Å². The van der Waals surface area contributed by atoms with Gasteiger partial charge in [-0.05, 0) is 19.3 Å². The number of ether oxygens (including phenoxy) is 1. The summed E-state index contributed by atoms with van der Waals surface area (Å²) in [5, 5.41) is 0. The molecule has 16 heavy (non-hydrogen) atoms. The lowest BCUT2D eigenvalue weighted by Crippen LogP contribution is -2.24. The van der Waals surface area contributed by atoms with E-state index in [9.17, 15) is 9.59 Å². The molecular formula is C12H21NO3. The van der Waals surface area contributed by atoms with Crippen molar-refractivity contribution in [3.05, 3.63) is 0 Å². The van der Waals surface area contributed by atoms with Crippen LogP contribution in [0, 0.1) is 0 Å². The second-order valence-corrected chi connectivity index (χ2v) is 4.50. The van der Waals surface area contributed by atoms with Crippen molar-refractivity contribution in [3.8, 4) is 0 Å². The highest BCUT2D eigenvalue weighted by Crippen LogP contribution is 2.18. The van der Waals surface area contributed by atoms with Gasteiger partial charge in [0.15, 0.2) is 0 Å². The molecule has 4 heteroatoms. The summed E-state index contributed by atoms with van der Waals surface area (Å²) in [7, 11) is 3.52. The first-order valence-electron chi connectivity index (χ1n) is 5.93. The van der Waals surface area contributed by atoms with E-state index in [-0.39, 0.29) is 12.0 Å². The second-order valence-electron chi connectivity index (χ2n) is 4.50. The summed E-state index contributed by atoms with van der Waals surface area (Å²) >= 11 is 0. The summed E-state index contributed by atoms with van der Waals surface area (Å²) in [5.74, 6) is 0.491. The Balaban J connectivity index is 2.03. The van der Waals surface area contributed by atoms with E-state index in [1.807, 2.05) is 0 Å². The van der Waals surface area contributed by atoms with Crippen molar-refractivity contribution in [1.82, 2.24) is 4.90 Å². The average Bonchev–Trinajstić information content (AvgIpc) is 2.26. The Morgan fingerprint density at radius 3 is 2.56 bits per heavy atom. The number of carbonyl (C=O) groups is 2. The van der Waals surface area contributed by atoms with Gasteiger partial charge in [0, 0.05) is 40.0 Å². The van der Waals surface area contributed by atoms with Gasteiger partial charge in [0.1, 0.15) is 5.78 Å². The normalized spacial score (nSPS) is 17.5. The van der Waals surface area contributed by atoms with Crippen molar-refractivity contribution in [2.24, 2.45) is 0 Å². The highest BCUT2D eigenvalue weighted by molar-refractivity contribution is 5.79. The first kappa shape index (κ1) is 13.2. The zero-order chi connectivity index (χ0) is 12.0. The highest BCUT2D eigenvalue weighted by Gasteiger charge is 2.18. The van der Waals surface area contributed by atoms with E-state index in [1.165, 1.54) is 0 Å². The minimum absolute atomic E-state index is 0.141. The van der Waals surface area contributed by atoms with Gasteiger partial charge < -0.3 is 9.64 Å². The molecule has 0 heterocycles. The molecule has 4 nitrogen and oxygen atoms in total. The smallest absolute Gasteiger partial charge is 0.222 e. The molecule has 0 aromatic heterocycles. The van der Waals surface area contributed by atoms with Gasteiger partial charge in [-0.15, -0.1) is 0 Å². The Labute approximate surface area is 96.9 Å². The molecule has 92 valence electrons. The van der Waals surface area contributed by atoms with E-state index in [1.54, 1.807) is 19.0 Å². The third-order valence-corrected chi connectivity index (χ3v) is 2.88. The maximum absolute atomic E-state index is 11.3. The monoisotopic (exact) mass is 227 g/mol. The Bertz CT molecular complexity index is 241. The number of amides is 1. The minimum atomic E-state index is 0.141. The molecule has 0 aliphatic heterocycles. The molecule has 1 amide bonds. The Kier molecular flexibility index (Phi) is 5.46. The SMILES string of the molecule is CN(C)C(=O)CCCOC1CCC(=O)CC1. The summed E-state index contributed by atoms with van der Waals surface area (Å²) in [6, 6.07) is 0. The molecule has 1 rings (SSSR count). The first-order chi connectivity index (χ1) is 7.59. The van der Waals surface area contributed by atoms with Gasteiger partial charge in [0.05, 0.1) is 6.10 Å². The van der Waals surface area contributed by atoms with E-state index >= 15 is 0 Å². The van der Waals surface area contributed by atoms with Crippen LogP contribution in [0.25, 0.3) is 0 Å². The van der Waals surface area contributed by atoms with Gasteiger partial charge >= 0.3 is 0 Å². The van der Waals surface area contributed by atoms with E-state index in [4.69, 9.17) is 4.74 Å². The predicted octanol–water partition coefficient (Wildman–Crippen LogP) is 1.38. The zero-order valence-electron chi connectivity index (χ0n) is 10.2. The Morgan fingerprint density at radius 1 is 1.38 bits per heavy atom. The quantitative estimate of drug-likeness (QED) is 0.667. The van der Waals surface area contributed by atoms with Crippen molar-refractivity contribution in [2.75, 3.05) is 20.7 Å². The molecule has 0 spiro atoms. The fraction of sp³-hybridized carbons (Fsp3) is 0.833. The van der Waals surface area contributed by atoms with Crippen LogP contribution in [-0.4, -0.2) is 43.4 Å². The van der Waals surface area contributed by atoms with Gasteiger partial charge in [-0.3, -0.25) is 9.59 Å². The average molecular weight is 227 g/mol. The molecule has 0 bridgehead atoms. The fourth-order valence-corrected chi connectivity index (χ4v) is 1.78. The van der Waals surface area contributed by atoms with Crippen molar-refractivity contribution in [1.29, 1.82) is 0 Å². The Morgan fingerprint density at radius 2 is 2.00 bits per heavy atom. The maximum atomic E-state index is 11.3. The fourth-order valence-electron chi connectivity index (χ4n) is 1.78. The van der Waals surface area contributed by atoms with Crippen LogP contribution in [0.1, 0.15) is 38.5 Å². The zero-order valence-corrected chi connectivity index (χ0v) is 10.2. The molecule has 0 aromatic rings. The molecule has 1 saturated carbocycles. The molecule has 0 aromatic carbocycles. The molecule has 1 fully saturated rings. The molecule has 0 atom stereocenters. The third kappa shape index (κ3) is 4.75. The number of carbonyl (C=O) groups excluding carboxylic acids is 2. The summed E-state index contributed by atoms with van der Waals surface area (Å²) in [5.41, 5.74) is 0. The van der Waals surface area contributed by atoms with Gasteiger partial charge in [0.25, 0.3) is 0 Å². The van der Waals surface area contributed by atoms with Crippen LogP contribution < -0.4 is 0 Å². The van der Waals surface area contributed by atoms with E-state index < -0.39 is 0 Å². The van der Waals surface area contributed by atoms with E-state index in [2.05, 4.69) is 0 Å². The van der Waals surface area contributed by atoms with Gasteiger partial charge in [-0.25, -0.2) is 0 Å². The lowest BCUT2D eigenvalue weighted by atomic mass is 9.96. The maximum Gasteiger partial charge on any atom is 0.222 e. The number of rotatable bonds is 5. The molecule has 0 N–H and O–H groups in total. The second kappa shape index (κ2) is 6.63. The molecule has 1 aliphatic carbocycles. The molecule has 0 saturated heterocycles. The number of Topliss-reactive ketones (excluding diaryl/α,β-unsaturated/α-hetero) is 1. The molecule has 1 aliphatic rings. The largest absolute Gasteiger partial charge is 0.378 e. The van der Waals surface area contributed by atoms with E-state index in [0.29, 0.717) is 31.7 Å². The molecule has 0 radical (unpaired) electrons. The van der Waals surface area contributed by atoms with Crippen LogP contribution in [0.2, 0.25) is 0 Å². The molecular weight excluding hydrogens is 206 g/mol. The lowest BCUT2D eigenvalue weighted by molar-refractivity contribution is -0.129. The number of hydrogen-bond acceptors (Lipinski definition) is 3. The van der Waals surface area contributed by atoms with Gasteiger partial charge in [-0.2, -0.15) is 0 Å². The number of hydrogen-bond donors (Lipinski definition) is 0. The summed E-state index contributed by atoms with van der Waals surface area (Å²) in [6.07, 6.45) is 4.54. The van der Waals surface area contributed by atoms with Crippen molar-refractivity contribution < 1.29 is 14.3 Å². The summed E-state index contributed by atoms with van der Waals surface area (Å²) in [6.45, 7) is 0.623. The first-order valence-corrected chi connectivity index (χ1v) is 5.93. The van der Waals surface area contributed by atoms with Crippen LogP contribution in [0.15, 0.2) is 0 Å². The highest BCUT2D eigenvalue weighted by atomic mass is 16.5. The topological polar surface area (TPSA) is 46.6 Å². The minimum Gasteiger partial charge on any atom is -0.378 e. The molecule has 0 unspecified atom stereocenters. The summed E-state index contributed by atoms with van der Waals surface area (Å²) < 4.78 is 5.64. The van der Waals surface area contributed by atoms with Crippen molar-refractivity contribution in [3.63, 3.8) is 0 Å². The third-order valence-electron chi connectivity index (χ3n) is 2.88. The number of nitrogens with zero attached hydrogens (tertiary/aromatic N) is 1. The van der Waals surface area contributed by atoms with Crippen LogP contribution >= 0.6 is 0 Å². The van der Waals surface area contributed by atoms with Gasteiger partial charge in [0.2, 0.25) is 5.91 Å². The Hall–Kier alpha value is -0.900. The van der Waals surface area contributed by atoms with Crippen LogP contribution in [0.3, 0.4) is 0 Å². The van der Waals surface area contributed by atoms with Crippen LogP contribution in [0.5, 0.6) is 0 Å². The standard InChI is InChI=1S/C12H21NO3/c1-13(2)12(15)4-3-9-16-11-7-5-10(14)6-8-11/h11H,3-9H2,1-2H3.